The number of amides is 1. The van der Waals surface area contributed by atoms with E-state index >= 15 is 0 Å². The Morgan fingerprint density at radius 3 is 2.60 bits per heavy atom. The molecular formula is C27H23N3O3S2. The summed E-state index contributed by atoms with van der Waals surface area (Å²) in [5.41, 5.74) is 5.44. The summed E-state index contributed by atoms with van der Waals surface area (Å²) >= 11 is 3.16. The molecule has 6 nitrogen and oxygen atoms in total. The Morgan fingerprint density at radius 1 is 1.06 bits per heavy atom. The molecule has 35 heavy (non-hydrogen) atoms. The van der Waals surface area contributed by atoms with Crippen LogP contribution in [0.4, 0.5) is 5.69 Å². The summed E-state index contributed by atoms with van der Waals surface area (Å²) in [6, 6.07) is 19.6. The highest BCUT2D eigenvalue weighted by atomic mass is 32.2. The van der Waals surface area contributed by atoms with Crippen LogP contribution in [0.15, 0.2) is 78.0 Å². The van der Waals surface area contributed by atoms with Gasteiger partial charge in [0.15, 0.2) is 0 Å². The van der Waals surface area contributed by atoms with Gasteiger partial charge in [0.25, 0.3) is 5.91 Å². The lowest BCUT2D eigenvalue weighted by atomic mass is 10.1. The Morgan fingerprint density at radius 2 is 1.83 bits per heavy atom. The van der Waals surface area contributed by atoms with Crippen LogP contribution < -0.4 is 4.72 Å². The van der Waals surface area contributed by atoms with Gasteiger partial charge in [0.1, 0.15) is 0 Å². The second kappa shape index (κ2) is 9.93. The minimum atomic E-state index is -0.315. The summed E-state index contributed by atoms with van der Waals surface area (Å²) in [7, 11) is 1.83. The number of hydrogen-bond donors (Lipinski definition) is 1. The quantitative estimate of drug-likeness (QED) is 0.235. The molecule has 2 aromatic carbocycles. The number of hydrogen-bond acceptors (Lipinski definition) is 7. The highest BCUT2D eigenvalue weighted by Crippen LogP contribution is 2.37. The maximum absolute atomic E-state index is 12.2. The highest BCUT2D eigenvalue weighted by Gasteiger charge is 2.24. The zero-order valence-corrected chi connectivity index (χ0v) is 20.9. The van der Waals surface area contributed by atoms with Crippen molar-refractivity contribution in [1.82, 2.24) is 9.88 Å². The topological polar surface area (TPSA) is 71.5 Å². The second-order valence-electron chi connectivity index (χ2n) is 8.11. The molecular weight excluding hydrogens is 478 g/mol. The van der Waals surface area contributed by atoms with E-state index in [-0.39, 0.29) is 11.9 Å². The Labute approximate surface area is 212 Å². The van der Waals surface area contributed by atoms with Gasteiger partial charge >= 0.3 is 5.97 Å². The molecule has 4 aromatic rings. The molecule has 0 radical (unpaired) electrons. The SMILES string of the molecule is CCOC(=O)c1ccc(SNc2cncc(-c3ccc(-c4ccc5c(c4)CN(C)C5=O)s3)c2)cc1. The molecule has 1 aliphatic heterocycles. The van der Waals surface area contributed by atoms with Gasteiger partial charge < -0.3 is 14.4 Å². The van der Waals surface area contributed by atoms with E-state index < -0.39 is 0 Å². The molecule has 5 rings (SSSR count). The zero-order chi connectivity index (χ0) is 24.4. The number of nitrogens with one attached hydrogen (secondary N) is 1. The third-order valence-corrected chi connectivity index (χ3v) is 7.68. The van der Waals surface area contributed by atoms with Crippen molar-refractivity contribution in [3.63, 3.8) is 0 Å². The maximum Gasteiger partial charge on any atom is 0.338 e. The molecule has 0 saturated carbocycles. The number of thiophene rings is 1. The van der Waals surface area contributed by atoms with E-state index in [4.69, 9.17) is 4.74 Å². The van der Waals surface area contributed by atoms with Crippen LogP contribution >= 0.6 is 23.3 Å². The third-order valence-electron chi connectivity index (χ3n) is 5.66. The van der Waals surface area contributed by atoms with Crippen molar-refractivity contribution in [2.24, 2.45) is 0 Å². The number of nitrogens with zero attached hydrogens (tertiary/aromatic N) is 2. The van der Waals surface area contributed by atoms with Crippen molar-refractivity contribution >= 4 is 40.8 Å². The number of ether oxygens (including phenoxy) is 1. The fourth-order valence-electron chi connectivity index (χ4n) is 3.89. The number of carbonyl (C=O) groups excluding carboxylic acids is 2. The van der Waals surface area contributed by atoms with E-state index in [9.17, 15) is 9.59 Å². The molecule has 0 atom stereocenters. The molecule has 0 aliphatic carbocycles. The van der Waals surface area contributed by atoms with Crippen LogP contribution in [-0.2, 0) is 11.3 Å². The minimum Gasteiger partial charge on any atom is -0.462 e. The van der Waals surface area contributed by atoms with Crippen molar-refractivity contribution in [2.45, 2.75) is 18.4 Å². The molecule has 0 saturated heterocycles. The van der Waals surface area contributed by atoms with Crippen LogP contribution in [0.2, 0.25) is 0 Å². The molecule has 0 spiro atoms. The van der Waals surface area contributed by atoms with Crippen LogP contribution in [0.3, 0.4) is 0 Å². The van der Waals surface area contributed by atoms with E-state index in [1.807, 2.05) is 37.5 Å². The van der Waals surface area contributed by atoms with Gasteiger partial charge in [0.2, 0.25) is 0 Å². The van der Waals surface area contributed by atoms with Gasteiger partial charge in [-0.1, -0.05) is 6.07 Å². The van der Waals surface area contributed by atoms with Crippen molar-refractivity contribution in [1.29, 1.82) is 0 Å². The van der Waals surface area contributed by atoms with Crippen LogP contribution in [0, 0.1) is 0 Å². The van der Waals surface area contributed by atoms with Crippen LogP contribution in [-0.4, -0.2) is 35.4 Å². The molecule has 8 heteroatoms. The maximum atomic E-state index is 12.2. The first-order valence-electron chi connectivity index (χ1n) is 11.2. The monoisotopic (exact) mass is 501 g/mol. The lowest BCUT2D eigenvalue weighted by molar-refractivity contribution is 0.0526. The first-order valence-corrected chi connectivity index (χ1v) is 12.8. The lowest BCUT2D eigenvalue weighted by Crippen LogP contribution is -2.17. The van der Waals surface area contributed by atoms with Gasteiger partial charge in [-0.3, -0.25) is 9.78 Å². The number of rotatable bonds is 7. The summed E-state index contributed by atoms with van der Waals surface area (Å²) in [4.78, 5) is 33.4. The predicted molar refractivity (Wildman–Crippen MR) is 141 cm³/mol. The van der Waals surface area contributed by atoms with Crippen molar-refractivity contribution < 1.29 is 14.3 Å². The van der Waals surface area contributed by atoms with Crippen LogP contribution in [0.1, 0.15) is 33.2 Å². The standard InChI is InChI=1S/C27H23N3O3S2/c1-3-33-27(32)17-4-7-22(8-5-17)35-29-21-13-19(14-28-15-21)25-11-10-24(34-25)18-6-9-23-20(12-18)16-30(2)26(23)31/h4-15,29H,3,16H2,1-2H3. The first-order chi connectivity index (χ1) is 17.0. The molecule has 176 valence electrons. The number of anilines is 1. The Balaban J connectivity index is 1.27. The molecule has 1 N–H and O–H groups in total. The van der Waals surface area contributed by atoms with E-state index in [0.29, 0.717) is 18.7 Å². The fraction of sp³-hybridized carbons (Fsp3) is 0.148. The average molecular weight is 502 g/mol. The number of fused-ring (bicyclic) bond motifs is 1. The van der Waals surface area contributed by atoms with Gasteiger partial charge in [0.05, 0.1) is 24.1 Å². The Hall–Kier alpha value is -3.62. The van der Waals surface area contributed by atoms with E-state index in [0.717, 1.165) is 42.6 Å². The van der Waals surface area contributed by atoms with Gasteiger partial charge in [-0.25, -0.2) is 4.79 Å². The predicted octanol–water partition coefficient (Wildman–Crippen LogP) is 6.36. The summed E-state index contributed by atoms with van der Waals surface area (Å²) < 4.78 is 8.35. The molecule has 1 amide bonds. The molecule has 1 aliphatic rings. The van der Waals surface area contributed by atoms with Gasteiger partial charge in [-0.05, 0) is 84.6 Å². The van der Waals surface area contributed by atoms with E-state index in [1.165, 1.54) is 11.9 Å². The third kappa shape index (κ3) is 4.94. The van der Waals surface area contributed by atoms with E-state index in [2.05, 4.69) is 34.0 Å². The number of benzene rings is 2. The van der Waals surface area contributed by atoms with E-state index in [1.54, 1.807) is 41.5 Å². The normalized spacial score (nSPS) is 12.5. The molecule has 3 heterocycles. The molecule has 2 aromatic heterocycles. The van der Waals surface area contributed by atoms with Crippen LogP contribution in [0.5, 0.6) is 0 Å². The molecule has 0 unspecified atom stereocenters. The van der Waals surface area contributed by atoms with Gasteiger partial charge in [-0.15, -0.1) is 11.3 Å². The second-order valence-corrected chi connectivity index (χ2v) is 10.1. The Kier molecular flexibility index (Phi) is 6.57. The summed E-state index contributed by atoms with van der Waals surface area (Å²) in [6.45, 7) is 2.80. The highest BCUT2D eigenvalue weighted by molar-refractivity contribution is 8.00. The van der Waals surface area contributed by atoms with Gasteiger partial charge in [0, 0.05) is 45.6 Å². The molecule has 0 bridgehead atoms. The molecule has 0 fully saturated rings. The lowest BCUT2D eigenvalue weighted by Gasteiger charge is -2.07. The minimum absolute atomic E-state index is 0.0848. The fourth-order valence-corrected chi connectivity index (χ4v) is 5.49. The number of aromatic nitrogens is 1. The summed E-state index contributed by atoms with van der Waals surface area (Å²) in [6.07, 6.45) is 3.64. The van der Waals surface area contributed by atoms with Gasteiger partial charge in [-0.2, -0.15) is 0 Å². The summed E-state index contributed by atoms with van der Waals surface area (Å²) in [5, 5.41) is 0. The van der Waals surface area contributed by atoms with Crippen molar-refractivity contribution in [3.05, 3.63) is 89.7 Å². The largest absolute Gasteiger partial charge is 0.462 e. The number of carbonyl (C=O) groups is 2. The van der Waals surface area contributed by atoms with Crippen LogP contribution in [0.25, 0.3) is 20.9 Å². The summed E-state index contributed by atoms with van der Waals surface area (Å²) in [5.74, 6) is -0.230. The first kappa shape index (κ1) is 23.1. The zero-order valence-electron chi connectivity index (χ0n) is 19.3. The number of pyridine rings is 1. The van der Waals surface area contributed by atoms with Crippen molar-refractivity contribution in [3.8, 4) is 20.9 Å². The Bertz CT molecular complexity index is 1400. The smallest absolute Gasteiger partial charge is 0.338 e. The average Bonchev–Trinajstić information content (AvgIpc) is 3.48. The van der Waals surface area contributed by atoms with Crippen molar-refractivity contribution in [2.75, 3.05) is 18.4 Å². The number of esters is 1.